The maximum Gasteiger partial charge on any atom is 0.311 e. The number of aryl methyl sites for hydroxylation is 2. The van der Waals surface area contributed by atoms with E-state index in [0.717, 1.165) is 62.5 Å². The monoisotopic (exact) mass is 654 g/mol. The van der Waals surface area contributed by atoms with Gasteiger partial charge in [-0.2, -0.15) is 0 Å². The molecule has 0 aromatic heterocycles. The number of rotatable bonds is 14. The minimum atomic E-state index is -0.390. The number of ether oxygens (including phenoxy) is 1. The number of halogens is 4. The van der Waals surface area contributed by atoms with Gasteiger partial charge in [-0.25, -0.2) is 17.6 Å². The van der Waals surface area contributed by atoms with Gasteiger partial charge in [0, 0.05) is 17.5 Å². The predicted octanol–water partition coefficient (Wildman–Crippen LogP) is 12.4. The standard InChI is InChI=1S/C42H42F4O2/c1-28-12-15-33(26-38(28)43)36-22-14-30(24-40(36)45)10-8-6-4-3-5-7-9-11-42(47)48-35-20-17-31(18-21-35)32-19-23-37(41(46)25-32)34-16-13-29(2)39(44)27-34/h12,14-15,17-27H,3-11,13,16H2,1-2H3. The van der Waals surface area contributed by atoms with E-state index < -0.39 is 5.82 Å². The molecule has 4 aromatic rings. The third-order valence-corrected chi connectivity index (χ3v) is 9.08. The lowest BCUT2D eigenvalue weighted by Gasteiger charge is -2.15. The van der Waals surface area contributed by atoms with Crippen LogP contribution in [0.15, 0.2) is 96.3 Å². The summed E-state index contributed by atoms with van der Waals surface area (Å²) in [7, 11) is 0. The molecule has 48 heavy (non-hydrogen) atoms. The number of benzene rings is 4. The summed E-state index contributed by atoms with van der Waals surface area (Å²) in [5, 5.41) is 0. The minimum Gasteiger partial charge on any atom is -0.427 e. The zero-order valence-corrected chi connectivity index (χ0v) is 27.7. The fraction of sp³-hybridized carbons (Fsp3) is 0.310. The van der Waals surface area contributed by atoms with E-state index >= 15 is 0 Å². The molecule has 0 unspecified atom stereocenters. The topological polar surface area (TPSA) is 26.3 Å². The van der Waals surface area contributed by atoms with Crippen LogP contribution in [0.25, 0.3) is 27.8 Å². The summed E-state index contributed by atoms with van der Waals surface area (Å²) in [5.74, 6) is -1.17. The largest absolute Gasteiger partial charge is 0.427 e. The van der Waals surface area contributed by atoms with Gasteiger partial charge in [-0.05, 0) is 121 Å². The van der Waals surface area contributed by atoms with Crippen molar-refractivity contribution in [3.63, 3.8) is 0 Å². The van der Waals surface area contributed by atoms with Gasteiger partial charge in [0.15, 0.2) is 0 Å². The summed E-state index contributed by atoms with van der Waals surface area (Å²) in [6.07, 6.45) is 10.7. The van der Waals surface area contributed by atoms with Crippen LogP contribution < -0.4 is 4.74 Å². The van der Waals surface area contributed by atoms with Crippen LogP contribution in [0.1, 0.15) is 87.8 Å². The lowest BCUT2D eigenvalue weighted by atomic mass is 9.92. The summed E-state index contributed by atoms with van der Waals surface area (Å²) in [5.41, 5.74) is 5.70. The Morgan fingerprint density at radius 1 is 0.625 bits per heavy atom. The predicted molar refractivity (Wildman–Crippen MR) is 186 cm³/mol. The number of esters is 1. The Morgan fingerprint density at radius 2 is 1.25 bits per heavy atom. The van der Waals surface area contributed by atoms with E-state index in [2.05, 4.69) is 0 Å². The van der Waals surface area contributed by atoms with Crippen molar-refractivity contribution < 1.29 is 27.1 Å². The Kier molecular flexibility index (Phi) is 12.1. The molecule has 0 saturated carbocycles. The van der Waals surface area contributed by atoms with Crippen LogP contribution in [0.4, 0.5) is 17.6 Å². The molecule has 0 aliphatic heterocycles. The third kappa shape index (κ3) is 9.33. The summed E-state index contributed by atoms with van der Waals surface area (Å²) in [6, 6.07) is 22.0. The molecule has 6 heteroatoms. The van der Waals surface area contributed by atoms with Crippen molar-refractivity contribution in [2.45, 2.75) is 84.5 Å². The normalized spacial score (nSPS) is 13.1. The molecular weight excluding hydrogens is 612 g/mol. The van der Waals surface area contributed by atoms with E-state index in [1.54, 1.807) is 68.4 Å². The van der Waals surface area contributed by atoms with Gasteiger partial charge in [-0.1, -0.05) is 80.6 Å². The highest BCUT2D eigenvalue weighted by molar-refractivity contribution is 5.75. The van der Waals surface area contributed by atoms with Crippen LogP contribution in [0, 0.1) is 24.4 Å². The molecule has 0 atom stereocenters. The molecule has 5 rings (SSSR count). The molecule has 250 valence electrons. The van der Waals surface area contributed by atoms with E-state index in [0.29, 0.717) is 64.0 Å². The smallest absolute Gasteiger partial charge is 0.311 e. The van der Waals surface area contributed by atoms with Crippen molar-refractivity contribution in [2.75, 3.05) is 0 Å². The van der Waals surface area contributed by atoms with E-state index in [1.807, 2.05) is 12.1 Å². The first-order valence-electron chi connectivity index (χ1n) is 16.9. The van der Waals surface area contributed by atoms with Gasteiger partial charge in [0.1, 0.15) is 29.0 Å². The number of hydrogen-bond acceptors (Lipinski definition) is 2. The first kappa shape index (κ1) is 34.9. The summed E-state index contributed by atoms with van der Waals surface area (Å²) in [4.78, 5) is 12.4. The third-order valence-electron chi connectivity index (χ3n) is 9.08. The second kappa shape index (κ2) is 16.6. The van der Waals surface area contributed by atoms with Gasteiger partial charge in [0.25, 0.3) is 0 Å². The summed E-state index contributed by atoms with van der Waals surface area (Å²) in [6.45, 7) is 3.44. The molecule has 0 amide bonds. The fourth-order valence-electron chi connectivity index (χ4n) is 6.05. The molecule has 0 saturated heterocycles. The fourth-order valence-corrected chi connectivity index (χ4v) is 6.05. The first-order valence-corrected chi connectivity index (χ1v) is 16.9. The SMILES string of the molecule is CC1=C(F)C=C(c2ccc(-c3ccc(OC(=O)CCCCCCCCCc4ccc(-c5ccc(C)c(F)c5)c(F)c4)cc3)cc2F)CC1. The Morgan fingerprint density at radius 3 is 1.94 bits per heavy atom. The number of carbonyl (C=O) groups excluding carboxylic acids is 1. The Bertz CT molecular complexity index is 1800. The second-order valence-electron chi connectivity index (χ2n) is 12.7. The number of carbonyl (C=O) groups is 1. The number of unbranched alkanes of at least 4 members (excludes halogenated alkanes) is 6. The molecule has 1 aliphatic rings. The Labute approximate surface area is 281 Å². The molecule has 0 fully saturated rings. The van der Waals surface area contributed by atoms with Crippen molar-refractivity contribution >= 4 is 11.5 Å². The molecule has 0 spiro atoms. The lowest BCUT2D eigenvalue weighted by molar-refractivity contribution is -0.134. The van der Waals surface area contributed by atoms with Gasteiger partial charge >= 0.3 is 5.97 Å². The quantitative estimate of drug-likeness (QED) is 0.0585. The van der Waals surface area contributed by atoms with Crippen molar-refractivity contribution in [2.24, 2.45) is 0 Å². The molecule has 2 nitrogen and oxygen atoms in total. The van der Waals surface area contributed by atoms with Crippen LogP contribution in [-0.4, -0.2) is 5.97 Å². The maximum absolute atomic E-state index is 14.9. The van der Waals surface area contributed by atoms with Crippen molar-refractivity contribution in [3.05, 3.63) is 130 Å². The average Bonchev–Trinajstić information content (AvgIpc) is 3.07. The van der Waals surface area contributed by atoms with Crippen LogP contribution >= 0.6 is 0 Å². The van der Waals surface area contributed by atoms with Gasteiger partial charge in [-0.3, -0.25) is 4.79 Å². The van der Waals surface area contributed by atoms with Crippen LogP contribution in [0.5, 0.6) is 5.75 Å². The maximum atomic E-state index is 14.9. The van der Waals surface area contributed by atoms with Crippen LogP contribution in [0.3, 0.4) is 0 Å². The van der Waals surface area contributed by atoms with Gasteiger partial charge in [0.05, 0.1) is 0 Å². The molecule has 0 N–H and O–H groups in total. The van der Waals surface area contributed by atoms with E-state index in [9.17, 15) is 22.4 Å². The first-order chi connectivity index (χ1) is 23.2. The van der Waals surface area contributed by atoms with Crippen molar-refractivity contribution in [1.82, 2.24) is 0 Å². The van der Waals surface area contributed by atoms with E-state index in [-0.39, 0.29) is 23.4 Å². The van der Waals surface area contributed by atoms with E-state index in [1.165, 1.54) is 18.2 Å². The van der Waals surface area contributed by atoms with Gasteiger partial charge in [-0.15, -0.1) is 0 Å². The van der Waals surface area contributed by atoms with E-state index in [4.69, 9.17) is 4.74 Å². The highest BCUT2D eigenvalue weighted by Gasteiger charge is 2.16. The minimum absolute atomic E-state index is 0.277. The molecule has 0 bridgehead atoms. The Balaban J connectivity index is 0.959. The summed E-state index contributed by atoms with van der Waals surface area (Å²) < 4.78 is 63.0. The molecule has 4 aromatic carbocycles. The molecular formula is C42H42F4O2. The zero-order chi connectivity index (χ0) is 34.0. The molecule has 1 aliphatic carbocycles. The lowest BCUT2D eigenvalue weighted by Crippen LogP contribution is -2.07. The van der Waals surface area contributed by atoms with Gasteiger partial charge < -0.3 is 4.74 Å². The second-order valence-corrected chi connectivity index (χ2v) is 12.7. The highest BCUT2D eigenvalue weighted by atomic mass is 19.1. The zero-order valence-electron chi connectivity index (χ0n) is 27.7. The Hall–Kier alpha value is -4.45. The van der Waals surface area contributed by atoms with Gasteiger partial charge in [0.2, 0.25) is 0 Å². The van der Waals surface area contributed by atoms with Crippen LogP contribution in [0.2, 0.25) is 0 Å². The highest BCUT2D eigenvalue weighted by Crippen LogP contribution is 2.34. The average molecular weight is 655 g/mol. The number of allylic oxidation sites excluding steroid dienone is 4. The number of hydrogen-bond donors (Lipinski definition) is 0. The molecule has 0 heterocycles. The van der Waals surface area contributed by atoms with Crippen LogP contribution in [-0.2, 0) is 11.2 Å². The molecule has 0 radical (unpaired) electrons. The summed E-state index contributed by atoms with van der Waals surface area (Å²) >= 11 is 0. The van der Waals surface area contributed by atoms with Crippen molar-refractivity contribution in [3.8, 4) is 28.0 Å². The van der Waals surface area contributed by atoms with Crippen molar-refractivity contribution in [1.29, 1.82) is 0 Å².